The smallest absolute Gasteiger partial charge is 0.460 e. The summed E-state index contributed by atoms with van der Waals surface area (Å²) >= 11 is 9.64. The fraction of sp³-hybridized carbons (Fsp3) is 0.500. The van der Waals surface area contributed by atoms with Gasteiger partial charge in [-0.05, 0) is 6.92 Å². The lowest BCUT2D eigenvalue weighted by molar-refractivity contribution is -0.140. The second-order valence-corrected chi connectivity index (χ2v) is 4.54. The zero-order chi connectivity index (χ0) is 11.9. The summed E-state index contributed by atoms with van der Waals surface area (Å²) < 4.78 is 28.2. The van der Waals surface area contributed by atoms with Crippen LogP contribution >= 0.6 is 31.6 Å². The van der Waals surface area contributed by atoms with Gasteiger partial charge in [0.05, 0.1) is 23.7 Å². The maximum absolute atomic E-state index is 11.2. The molecule has 0 amide bonds. The van der Waals surface area contributed by atoms with Gasteiger partial charge < -0.3 is 4.74 Å². The van der Waals surface area contributed by atoms with Crippen molar-refractivity contribution >= 4 is 37.5 Å². The summed E-state index contributed by atoms with van der Waals surface area (Å²) in [6.45, 7) is 4.47. The van der Waals surface area contributed by atoms with E-state index in [1.807, 2.05) is 0 Å². The van der Waals surface area contributed by atoms with Gasteiger partial charge in [0.15, 0.2) is 0 Å². The Balaban J connectivity index is 4.02. The largest absolute Gasteiger partial charge is 0.508 e. The molecule has 6 nitrogen and oxygen atoms in total. The number of carbonyl (C=O) groups is 1. The molecule has 0 aliphatic heterocycles. The van der Waals surface area contributed by atoms with E-state index in [2.05, 4.69) is 24.0 Å². The van der Waals surface area contributed by atoms with Crippen molar-refractivity contribution in [1.29, 1.82) is 0 Å². The van der Waals surface area contributed by atoms with Crippen LogP contribution in [0.1, 0.15) is 6.92 Å². The van der Waals surface area contributed by atoms with Gasteiger partial charge in [0.1, 0.15) is 12.7 Å². The van der Waals surface area contributed by atoms with Crippen LogP contribution < -0.4 is 0 Å². The van der Waals surface area contributed by atoms with Crippen LogP contribution in [0.5, 0.6) is 0 Å². The third kappa shape index (κ3) is 6.14. The Hall–Kier alpha value is -0.100. The van der Waals surface area contributed by atoms with Crippen molar-refractivity contribution in [1.82, 2.24) is 0 Å². The second-order valence-electron chi connectivity index (χ2n) is 2.34. The van der Waals surface area contributed by atoms with Crippen molar-refractivity contribution in [2.45, 2.75) is 13.0 Å². The molecule has 0 saturated heterocycles. The summed E-state index contributed by atoms with van der Waals surface area (Å²) in [6.07, 6.45) is 0.208. The molecule has 0 rings (SSSR count). The standard InChI is InChI=1S/C6H9Cl2O6P/c1-3-6(9)11-4-5(2)12-15(10,13-7)14-8/h3,5H,1,4H2,2H3. The van der Waals surface area contributed by atoms with Crippen molar-refractivity contribution in [2.75, 3.05) is 6.61 Å². The molecule has 0 aliphatic rings. The minimum absolute atomic E-state index is 0.171. The number of ether oxygens (including phenoxy) is 1. The number of halogens is 2. The predicted molar refractivity (Wildman–Crippen MR) is 53.2 cm³/mol. The number of hydrogen-bond donors (Lipinski definition) is 0. The van der Waals surface area contributed by atoms with Crippen LogP contribution in [0.25, 0.3) is 0 Å². The molecule has 0 N–H and O–H groups in total. The zero-order valence-corrected chi connectivity index (χ0v) is 10.1. The lowest BCUT2D eigenvalue weighted by atomic mass is 10.4. The minimum Gasteiger partial charge on any atom is -0.460 e. The van der Waals surface area contributed by atoms with E-state index in [1.54, 1.807) is 0 Å². The molecule has 9 heteroatoms. The Morgan fingerprint density at radius 1 is 1.53 bits per heavy atom. The van der Waals surface area contributed by atoms with E-state index in [1.165, 1.54) is 6.92 Å². The first-order valence-corrected chi connectivity index (χ1v) is 5.73. The normalized spacial score (nSPS) is 13.3. The fourth-order valence-corrected chi connectivity index (χ4v) is 1.59. The monoisotopic (exact) mass is 278 g/mol. The van der Waals surface area contributed by atoms with Crippen LogP contribution in [0.15, 0.2) is 12.7 Å². The molecule has 0 fully saturated rings. The quantitative estimate of drug-likeness (QED) is 0.405. The summed E-state index contributed by atoms with van der Waals surface area (Å²) in [5.74, 6) is -0.640. The van der Waals surface area contributed by atoms with Gasteiger partial charge in [-0.25, -0.2) is 9.36 Å². The van der Waals surface area contributed by atoms with E-state index in [0.717, 1.165) is 6.08 Å². The third-order valence-corrected chi connectivity index (χ3v) is 3.08. The Morgan fingerprint density at radius 3 is 2.47 bits per heavy atom. The summed E-state index contributed by atoms with van der Waals surface area (Å²) in [6, 6.07) is 0. The van der Waals surface area contributed by atoms with Crippen LogP contribution in [0.2, 0.25) is 0 Å². The molecule has 0 saturated carbocycles. The van der Waals surface area contributed by atoms with Gasteiger partial charge in [-0.1, -0.05) is 6.58 Å². The zero-order valence-electron chi connectivity index (χ0n) is 7.72. The average Bonchev–Trinajstić information content (AvgIpc) is 2.25. The van der Waals surface area contributed by atoms with Crippen LogP contribution in [0, 0.1) is 0 Å². The van der Waals surface area contributed by atoms with Crippen LogP contribution in [-0.2, 0) is 26.8 Å². The number of phosphoric acid groups is 1. The van der Waals surface area contributed by atoms with E-state index in [-0.39, 0.29) is 6.61 Å². The van der Waals surface area contributed by atoms with Gasteiger partial charge in [0.2, 0.25) is 0 Å². The SMILES string of the molecule is C=CC(=O)OCC(C)OP(=O)(OCl)OCl. The number of carbonyl (C=O) groups excluding carboxylic acids is 1. The van der Waals surface area contributed by atoms with Gasteiger partial charge in [-0.3, -0.25) is 4.52 Å². The molecule has 0 aromatic rings. The number of esters is 1. The Labute approximate surface area is 97.0 Å². The first-order chi connectivity index (χ1) is 6.97. The maximum Gasteiger partial charge on any atom is 0.508 e. The molecule has 0 spiro atoms. The maximum atomic E-state index is 11.2. The van der Waals surface area contributed by atoms with Crippen LogP contribution in [0.3, 0.4) is 0 Å². The van der Waals surface area contributed by atoms with Gasteiger partial charge in [-0.15, -0.1) is 0 Å². The summed E-state index contributed by atoms with van der Waals surface area (Å²) in [5, 5.41) is 0. The van der Waals surface area contributed by atoms with Gasteiger partial charge in [0, 0.05) is 6.08 Å². The van der Waals surface area contributed by atoms with Crippen molar-refractivity contribution in [2.24, 2.45) is 0 Å². The molecule has 0 aliphatic carbocycles. The van der Waals surface area contributed by atoms with Gasteiger partial charge in [0.25, 0.3) is 0 Å². The van der Waals surface area contributed by atoms with Crippen molar-refractivity contribution in [3.63, 3.8) is 0 Å². The van der Waals surface area contributed by atoms with Gasteiger partial charge in [-0.2, -0.15) is 8.15 Å². The van der Waals surface area contributed by atoms with Gasteiger partial charge >= 0.3 is 13.8 Å². The Morgan fingerprint density at radius 2 is 2.07 bits per heavy atom. The first-order valence-electron chi connectivity index (χ1n) is 3.65. The molecular weight excluding hydrogens is 270 g/mol. The summed E-state index contributed by atoms with van der Waals surface area (Å²) in [7, 11) is -3.99. The Kier molecular flexibility index (Phi) is 7.17. The van der Waals surface area contributed by atoms with Crippen molar-refractivity contribution < 1.29 is 26.8 Å². The fourth-order valence-electron chi connectivity index (χ4n) is 0.552. The first kappa shape index (κ1) is 14.9. The number of hydrogen-bond acceptors (Lipinski definition) is 6. The minimum atomic E-state index is -3.99. The lowest BCUT2D eigenvalue weighted by Crippen LogP contribution is -2.17. The number of rotatable bonds is 7. The van der Waals surface area contributed by atoms with E-state index in [4.69, 9.17) is 23.7 Å². The summed E-state index contributed by atoms with van der Waals surface area (Å²) in [4.78, 5) is 10.6. The highest BCUT2D eigenvalue weighted by atomic mass is 35.5. The molecular formula is C6H9Cl2O6P. The predicted octanol–water partition coefficient (Wildman–Crippen LogP) is 2.57. The molecule has 88 valence electrons. The molecule has 0 radical (unpaired) electrons. The van der Waals surface area contributed by atoms with Crippen LogP contribution in [-0.4, -0.2) is 18.7 Å². The van der Waals surface area contributed by atoms with Crippen molar-refractivity contribution in [3.05, 3.63) is 12.7 Å². The summed E-state index contributed by atoms with van der Waals surface area (Å²) in [5.41, 5.74) is 0. The van der Waals surface area contributed by atoms with Crippen molar-refractivity contribution in [3.8, 4) is 0 Å². The Bertz CT molecular complexity index is 262. The third-order valence-electron chi connectivity index (χ3n) is 1.11. The second kappa shape index (κ2) is 7.22. The highest BCUT2D eigenvalue weighted by Crippen LogP contribution is 2.52. The van der Waals surface area contributed by atoms with E-state index >= 15 is 0 Å². The molecule has 0 aromatic carbocycles. The molecule has 0 aromatic heterocycles. The molecule has 1 unspecified atom stereocenters. The molecule has 0 bridgehead atoms. The highest BCUT2D eigenvalue weighted by molar-refractivity contribution is 7.50. The lowest BCUT2D eigenvalue weighted by Gasteiger charge is -2.15. The molecule has 0 heterocycles. The average molecular weight is 279 g/mol. The topological polar surface area (TPSA) is 71.1 Å². The van der Waals surface area contributed by atoms with E-state index in [0.29, 0.717) is 0 Å². The highest BCUT2D eigenvalue weighted by Gasteiger charge is 2.29. The van der Waals surface area contributed by atoms with E-state index < -0.39 is 19.9 Å². The molecule has 1 atom stereocenters. The van der Waals surface area contributed by atoms with Crippen LogP contribution in [0.4, 0.5) is 0 Å². The molecule has 15 heavy (non-hydrogen) atoms. The van der Waals surface area contributed by atoms with E-state index in [9.17, 15) is 9.36 Å².